The molecule has 0 spiro atoms. The molecule has 1 N–H and O–H groups in total. The van der Waals surface area contributed by atoms with Gasteiger partial charge in [0.2, 0.25) is 15.9 Å². The third-order valence-corrected chi connectivity index (χ3v) is 7.63. The van der Waals surface area contributed by atoms with E-state index in [0.29, 0.717) is 31.9 Å². The van der Waals surface area contributed by atoms with Crippen LogP contribution in [0.15, 0.2) is 56.6 Å². The molecule has 180 valence electrons. The number of nitrogens with one attached hydrogen (secondary N) is 1. The van der Waals surface area contributed by atoms with Crippen molar-refractivity contribution in [2.24, 2.45) is 0 Å². The molecule has 13 heteroatoms. The zero-order valence-corrected chi connectivity index (χ0v) is 19.2. The van der Waals surface area contributed by atoms with Gasteiger partial charge in [0.1, 0.15) is 6.54 Å². The van der Waals surface area contributed by atoms with E-state index in [9.17, 15) is 28.1 Å². The van der Waals surface area contributed by atoms with Gasteiger partial charge in [-0.3, -0.25) is 19.5 Å². The zero-order valence-electron chi connectivity index (χ0n) is 18.3. The first kappa shape index (κ1) is 23.6. The maximum atomic E-state index is 12.9. The first-order valence-electron chi connectivity index (χ1n) is 10.6. The topological polar surface area (TPSA) is 148 Å². The van der Waals surface area contributed by atoms with Crippen LogP contribution in [0, 0.1) is 10.1 Å². The van der Waals surface area contributed by atoms with Crippen LogP contribution >= 0.6 is 0 Å². The molecule has 1 amide bonds. The van der Waals surface area contributed by atoms with Gasteiger partial charge in [-0.2, -0.15) is 4.31 Å². The number of fused-ring (bicyclic) bond motifs is 1. The number of nitrogens with zero attached hydrogens (tertiary/aromatic N) is 4. The number of piperazine rings is 1. The summed E-state index contributed by atoms with van der Waals surface area (Å²) in [7, 11) is -3.63. The lowest BCUT2D eigenvalue weighted by atomic mass is 10.3. The van der Waals surface area contributed by atoms with Crippen LogP contribution in [-0.2, 0) is 21.4 Å². The van der Waals surface area contributed by atoms with Crippen molar-refractivity contribution < 1.29 is 22.6 Å². The van der Waals surface area contributed by atoms with Gasteiger partial charge in [-0.1, -0.05) is 6.92 Å². The lowest BCUT2D eigenvalue weighted by Crippen LogP contribution is -2.48. The average molecular weight is 490 g/mol. The first-order chi connectivity index (χ1) is 16.2. The minimum absolute atomic E-state index is 0.00123. The van der Waals surface area contributed by atoms with E-state index >= 15 is 0 Å². The Morgan fingerprint density at radius 3 is 2.41 bits per heavy atom. The second-order valence-corrected chi connectivity index (χ2v) is 9.71. The van der Waals surface area contributed by atoms with E-state index in [4.69, 9.17) is 4.42 Å². The van der Waals surface area contributed by atoms with Crippen molar-refractivity contribution in [3.05, 3.63) is 63.1 Å². The van der Waals surface area contributed by atoms with Crippen molar-refractivity contribution in [2.75, 3.05) is 38.0 Å². The number of hydrogen-bond donors (Lipinski definition) is 1. The summed E-state index contributed by atoms with van der Waals surface area (Å²) in [5.41, 5.74) is 0.369. The smallest absolute Gasteiger partial charge is 0.407 e. The molecule has 1 aliphatic heterocycles. The molecule has 1 aliphatic rings. The van der Waals surface area contributed by atoms with Crippen LogP contribution < -0.4 is 11.1 Å². The summed E-state index contributed by atoms with van der Waals surface area (Å²) in [5, 5.41) is 13.5. The van der Waals surface area contributed by atoms with Gasteiger partial charge < -0.3 is 14.6 Å². The van der Waals surface area contributed by atoms with E-state index in [2.05, 4.69) is 10.2 Å². The fourth-order valence-corrected chi connectivity index (χ4v) is 5.23. The van der Waals surface area contributed by atoms with Crippen LogP contribution in [-0.4, -0.2) is 65.7 Å². The standard InChI is InChI=1S/C21H23N5O7S/c1-2-23-9-11-24(12-10-23)34(31,32)17-6-3-15(4-7-17)22-20(27)14-25-18-8-5-16(26(29)30)13-19(18)33-21(25)28/h3-8,13H,2,9-12,14H2,1H3,(H,22,27). The molecule has 1 saturated heterocycles. The second-order valence-electron chi connectivity index (χ2n) is 7.77. The summed E-state index contributed by atoms with van der Waals surface area (Å²) in [4.78, 5) is 37.2. The quantitative estimate of drug-likeness (QED) is 0.387. The van der Waals surface area contributed by atoms with Crippen LogP contribution in [0.25, 0.3) is 11.1 Å². The molecule has 0 bridgehead atoms. The molecule has 1 aromatic heterocycles. The molecule has 4 rings (SSSR count). The summed E-state index contributed by atoms with van der Waals surface area (Å²) in [6.07, 6.45) is 0. The Bertz CT molecular complexity index is 1390. The minimum atomic E-state index is -3.63. The Labute approximate surface area is 194 Å². The number of anilines is 1. The van der Waals surface area contributed by atoms with Gasteiger partial charge in [0.25, 0.3) is 5.69 Å². The molecular formula is C21H23N5O7S. The highest BCUT2D eigenvalue weighted by atomic mass is 32.2. The van der Waals surface area contributed by atoms with Crippen molar-refractivity contribution >= 4 is 38.4 Å². The molecule has 34 heavy (non-hydrogen) atoms. The lowest BCUT2D eigenvalue weighted by Gasteiger charge is -2.33. The first-order valence-corrected chi connectivity index (χ1v) is 12.0. The van der Waals surface area contributed by atoms with Crippen LogP contribution in [0.5, 0.6) is 0 Å². The summed E-state index contributed by atoms with van der Waals surface area (Å²) in [6, 6.07) is 9.48. The summed E-state index contributed by atoms with van der Waals surface area (Å²) in [5.74, 6) is -1.37. The summed E-state index contributed by atoms with van der Waals surface area (Å²) in [6.45, 7) is 4.73. The monoisotopic (exact) mass is 489 g/mol. The molecule has 0 saturated carbocycles. The van der Waals surface area contributed by atoms with Gasteiger partial charge in [-0.25, -0.2) is 13.2 Å². The van der Waals surface area contributed by atoms with E-state index < -0.39 is 26.6 Å². The Hall–Kier alpha value is -3.55. The SMILES string of the molecule is CCN1CCN(S(=O)(=O)c2ccc(NC(=O)Cn3c(=O)oc4cc([N+](=O)[O-])ccc43)cc2)CC1. The molecular weight excluding hydrogens is 466 g/mol. The van der Waals surface area contributed by atoms with E-state index in [1.54, 1.807) is 0 Å². The average Bonchev–Trinajstić information content (AvgIpc) is 3.13. The van der Waals surface area contributed by atoms with Crippen LogP contribution in [0.3, 0.4) is 0 Å². The van der Waals surface area contributed by atoms with E-state index in [0.717, 1.165) is 17.2 Å². The maximum absolute atomic E-state index is 12.9. The number of carbonyl (C=O) groups excluding carboxylic acids is 1. The second kappa shape index (κ2) is 9.37. The number of nitro benzene ring substituents is 1. The minimum Gasteiger partial charge on any atom is -0.407 e. The van der Waals surface area contributed by atoms with Crippen molar-refractivity contribution in [1.82, 2.24) is 13.8 Å². The zero-order chi connectivity index (χ0) is 24.5. The van der Waals surface area contributed by atoms with Gasteiger partial charge in [-0.15, -0.1) is 0 Å². The molecule has 0 unspecified atom stereocenters. The van der Waals surface area contributed by atoms with E-state index in [1.165, 1.54) is 40.7 Å². The molecule has 0 aliphatic carbocycles. The predicted octanol–water partition coefficient (Wildman–Crippen LogP) is 1.47. The number of non-ortho nitro benzene ring substituents is 1. The number of nitro groups is 1. The summed E-state index contributed by atoms with van der Waals surface area (Å²) < 4.78 is 33.3. The number of rotatable bonds is 7. The highest BCUT2D eigenvalue weighted by molar-refractivity contribution is 7.89. The highest BCUT2D eigenvalue weighted by Crippen LogP contribution is 2.21. The lowest BCUT2D eigenvalue weighted by molar-refractivity contribution is -0.384. The fourth-order valence-electron chi connectivity index (χ4n) is 3.81. The van der Waals surface area contributed by atoms with Crippen molar-refractivity contribution in [3.8, 4) is 0 Å². The van der Waals surface area contributed by atoms with E-state index in [-0.39, 0.29) is 28.2 Å². The predicted molar refractivity (Wildman–Crippen MR) is 123 cm³/mol. The highest BCUT2D eigenvalue weighted by Gasteiger charge is 2.28. The molecule has 0 radical (unpaired) electrons. The van der Waals surface area contributed by atoms with Crippen molar-refractivity contribution in [1.29, 1.82) is 0 Å². The van der Waals surface area contributed by atoms with Crippen LogP contribution in [0.1, 0.15) is 6.92 Å². The van der Waals surface area contributed by atoms with Gasteiger partial charge >= 0.3 is 5.76 Å². The molecule has 3 aromatic rings. The van der Waals surface area contributed by atoms with Crippen molar-refractivity contribution in [2.45, 2.75) is 18.4 Å². The Morgan fingerprint density at radius 1 is 1.12 bits per heavy atom. The van der Waals surface area contributed by atoms with Gasteiger partial charge in [0, 0.05) is 37.9 Å². The number of benzene rings is 2. The number of aromatic nitrogens is 1. The Morgan fingerprint density at radius 2 is 1.79 bits per heavy atom. The number of carbonyl (C=O) groups is 1. The number of sulfonamides is 1. The molecule has 1 fully saturated rings. The van der Waals surface area contributed by atoms with Gasteiger partial charge in [-0.05, 0) is 36.9 Å². The van der Waals surface area contributed by atoms with Gasteiger partial charge in [0.05, 0.1) is 21.4 Å². The molecule has 12 nitrogen and oxygen atoms in total. The Kier molecular flexibility index (Phi) is 6.50. The number of hydrogen-bond acceptors (Lipinski definition) is 8. The fraction of sp³-hybridized carbons (Fsp3) is 0.333. The molecule has 2 heterocycles. The number of amides is 1. The third-order valence-electron chi connectivity index (χ3n) is 5.72. The van der Waals surface area contributed by atoms with Crippen molar-refractivity contribution in [3.63, 3.8) is 0 Å². The van der Waals surface area contributed by atoms with Crippen LogP contribution in [0.2, 0.25) is 0 Å². The molecule has 0 atom stereocenters. The Balaban J connectivity index is 1.44. The maximum Gasteiger partial charge on any atom is 0.420 e. The molecule has 2 aromatic carbocycles. The van der Waals surface area contributed by atoms with Gasteiger partial charge in [0.15, 0.2) is 5.58 Å². The van der Waals surface area contributed by atoms with Crippen LogP contribution in [0.4, 0.5) is 11.4 Å². The van der Waals surface area contributed by atoms with E-state index in [1.807, 2.05) is 6.92 Å². The largest absolute Gasteiger partial charge is 0.420 e. The summed E-state index contributed by atoms with van der Waals surface area (Å²) >= 11 is 0. The number of likely N-dealkylation sites (N-methyl/N-ethyl adjacent to an activating group) is 1. The number of oxazole rings is 1. The normalized spacial score (nSPS) is 15.4. The third kappa shape index (κ3) is 4.71.